The molecule has 0 fully saturated rings. The third kappa shape index (κ3) is 3.05. The second-order valence-corrected chi connectivity index (χ2v) is 4.84. The Labute approximate surface area is 131 Å². The highest BCUT2D eigenvalue weighted by Gasteiger charge is 2.07. The number of anilines is 1. The summed E-state index contributed by atoms with van der Waals surface area (Å²) in [5.74, 6) is 1.93. The summed E-state index contributed by atoms with van der Waals surface area (Å²) in [7, 11) is 1.58. The highest BCUT2D eigenvalue weighted by atomic mass is 32.2. The van der Waals surface area contributed by atoms with Crippen LogP contribution >= 0.6 is 12.1 Å². The first kappa shape index (κ1) is 14.4. The molecule has 7 heteroatoms. The predicted octanol–water partition coefficient (Wildman–Crippen LogP) is 3.36. The highest BCUT2D eigenvalue weighted by Crippen LogP contribution is 2.30. The highest BCUT2D eigenvalue weighted by molar-refractivity contribution is 7.98. The van der Waals surface area contributed by atoms with E-state index in [0.29, 0.717) is 11.6 Å². The lowest BCUT2D eigenvalue weighted by Gasteiger charge is -2.10. The molecular formula is C15H14N4O2S. The summed E-state index contributed by atoms with van der Waals surface area (Å²) in [4.78, 5) is 8.42. The third-order valence-corrected chi connectivity index (χ3v) is 3.38. The Hall–Kier alpha value is -2.51. The molecule has 0 unspecified atom stereocenters. The van der Waals surface area contributed by atoms with Crippen LogP contribution in [0, 0.1) is 0 Å². The van der Waals surface area contributed by atoms with Crippen LogP contribution in [0.4, 0.5) is 5.69 Å². The molecule has 3 rings (SSSR count). The van der Waals surface area contributed by atoms with Crippen molar-refractivity contribution in [2.75, 3.05) is 11.8 Å². The second kappa shape index (κ2) is 6.50. The summed E-state index contributed by atoms with van der Waals surface area (Å²) < 4.78 is 14.0. The Kier molecular flexibility index (Phi) is 4.27. The fraction of sp³-hybridized carbons (Fsp3) is 0.0667. The van der Waals surface area contributed by atoms with Gasteiger partial charge in [-0.15, -0.1) is 0 Å². The van der Waals surface area contributed by atoms with Crippen molar-refractivity contribution in [2.24, 2.45) is 5.14 Å². The summed E-state index contributed by atoms with van der Waals surface area (Å²) in [6, 6.07) is 11.1. The van der Waals surface area contributed by atoms with Gasteiger partial charge >= 0.3 is 0 Å². The number of rotatable bonds is 5. The molecule has 3 aromatic rings. The van der Waals surface area contributed by atoms with Gasteiger partial charge in [0.2, 0.25) is 5.88 Å². The first-order valence-corrected chi connectivity index (χ1v) is 7.36. The van der Waals surface area contributed by atoms with Gasteiger partial charge in [0.05, 0.1) is 18.8 Å². The lowest BCUT2D eigenvalue weighted by atomic mass is 10.2. The lowest BCUT2D eigenvalue weighted by molar-refractivity contribution is 0.398. The summed E-state index contributed by atoms with van der Waals surface area (Å²) in [6.07, 6.45) is 3.35. The Morgan fingerprint density at radius 3 is 2.68 bits per heavy atom. The van der Waals surface area contributed by atoms with Gasteiger partial charge in [0.1, 0.15) is 11.5 Å². The molecule has 0 bridgehead atoms. The maximum absolute atomic E-state index is 5.94. The van der Waals surface area contributed by atoms with Gasteiger partial charge in [0, 0.05) is 35.5 Å². The molecule has 0 amide bonds. The largest absolute Gasteiger partial charge is 0.481 e. The van der Waals surface area contributed by atoms with Gasteiger partial charge in [-0.25, -0.2) is 4.98 Å². The summed E-state index contributed by atoms with van der Waals surface area (Å²) in [5, 5.41) is 6.20. The minimum atomic E-state index is 0.518. The number of benzene rings is 1. The standard InChI is InChI=1S/C15H14N4O2S/c1-20-15-8-12-13(9-18-15)17-7-6-14(12)21-11-4-2-10(3-5-11)19-22-16/h2-9,19H,16H2,1H3. The Morgan fingerprint density at radius 1 is 1.14 bits per heavy atom. The van der Waals surface area contributed by atoms with Crippen LogP contribution in [0.1, 0.15) is 0 Å². The number of hydrogen-bond donors (Lipinski definition) is 2. The Morgan fingerprint density at radius 2 is 1.95 bits per heavy atom. The van der Waals surface area contributed by atoms with E-state index in [1.54, 1.807) is 25.6 Å². The molecule has 22 heavy (non-hydrogen) atoms. The maximum atomic E-state index is 5.94. The molecule has 0 radical (unpaired) electrons. The molecule has 0 atom stereocenters. The van der Waals surface area contributed by atoms with Gasteiger partial charge < -0.3 is 14.2 Å². The fourth-order valence-corrected chi connectivity index (χ4v) is 2.26. The Bertz CT molecular complexity index is 780. The maximum Gasteiger partial charge on any atom is 0.213 e. The number of aromatic nitrogens is 2. The average molecular weight is 314 g/mol. The van der Waals surface area contributed by atoms with Crippen LogP contribution in [0.2, 0.25) is 0 Å². The smallest absolute Gasteiger partial charge is 0.213 e. The topological polar surface area (TPSA) is 82.3 Å². The van der Waals surface area contributed by atoms with E-state index < -0.39 is 0 Å². The first-order valence-electron chi connectivity index (χ1n) is 6.48. The molecule has 112 valence electrons. The van der Waals surface area contributed by atoms with Gasteiger partial charge in [-0.2, -0.15) is 0 Å². The van der Waals surface area contributed by atoms with Crippen LogP contribution in [0.25, 0.3) is 10.9 Å². The van der Waals surface area contributed by atoms with Crippen molar-refractivity contribution in [2.45, 2.75) is 0 Å². The fourth-order valence-electron chi connectivity index (χ4n) is 1.99. The molecule has 3 N–H and O–H groups in total. The van der Waals surface area contributed by atoms with Crippen LogP contribution in [0.15, 0.2) is 48.8 Å². The molecule has 2 heterocycles. The van der Waals surface area contributed by atoms with E-state index >= 15 is 0 Å². The van der Waals surface area contributed by atoms with Gasteiger partial charge in [0.25, 0.3) is 0 Å². The zero-order valence-corrected chi connectivity index (χ0v) is 12.6. The van der Waals surface area contributed by atoms with Crippen LogP contribution in [0.3, 0.4) is 0 Å². The lowest BCUT2D eigenvalue weighted by Crippen LogP contribution is -1.93. The number of nitrogens with two attached hydrogens (primary N) is 1. The molecule has 0 aliphatic heterocycles. The van der Waals surface area contributed by atoms with Crippen LogP contribution in [0.5, 0.6) is 17.4 Å². The molecule has 6 nitrogen and oxygen atoms in total. The summed E-state index contributed by atoms with van der Waals surface area (Å²) in [5.41, 5.74) is 1.65. The predicted molar refractivity (Wildman–Crippen MR) is 88.0 cm³/mol. The van der Waals surface area contributed by atoms with Gasteiger partial charge in [-0.05, 0) is 30.3 Å². The van der Waals surface area contributed by atoms with Crippen molar-refractivity contribution in [3.05, 3.63) is 48.8 Å². The summed E-state index contributed by atoms with van der Waals surface area (Å²) >= 11 is 1.05. The molecule has 0 saturated heterocycles. The van der Waals surface area contributed by atoms with Gasteiger partial charge in [0.15, 0.2) is 0 Å². The Balaban J connectivity index is 1.92. The van der Waals surface area contributed by atoms with Crippen LogP contribution in [-0.4, -0.2) is 17.1 Å². The normalized spacial score (nSPS) is 10.5. The number of nitrogens with zero attached hydrogens (tertiary/aromatic N) is 2. The van der Waals surface area contributed by atoms with Crippen molar-refractivity contribution in [1.29, 1.82) is 0 Å². The van der Waals surface area contributed by atoms with Crippen molar-refractivity contribution >= 4 is 28.7 Å². The van der Waals surface area contributed by atoms with Crippen molar-refractivity contribution in [1.82, 2.24) is 9.97 Å². The van der Waals surface area contributed by atoms with E-state index in [9.17, 15) is 0 Å². The quantitative estimate of drug-likeness (QED) is 0.699. The van der Waals surface area contributed by atoms with E-state index in [2.05, 4.69) is 14.7 Å². The number of hydrogen-bond acceptors (Lipinski definition) is 7. The SMILES string of the molecule is COc1cc2c(Oc3ccc(NSN)cc3)ccnc2cn1. The second-order valence-electron chi connectivity index (χ2n) is 4.40. The van der Waals surface area contributed by atoms with Crippen molar-refractivity contribution in [3.63, 3.8) is 0 Å². The monoisotopic (exact) mass is 314 g/mol. The van der Waals surface area contributed by atoms with Crippen molar-refractivity contribution in [3.8, 4) is 17.4 Å². The molecule has 1 aromatic carbocycles. The van der Waals surface area contributed by atoms with E-state index in [1.165, 1.54) is 0 Å². The molecule has 0 saturated carbocycles. The zero-order valence-electron chi connectivity index (χ0n) is 11.8. The van der Waals surface area contributed by atoms with E-state index in [0.717, 1.165) is 34.5 Å². The molecule has 0 aliphatic rings. The van der Waals surface area contributed by atoms with E-state index in [4.69, 9.17) is 14.6 Å². The molecule has 0 spiro atoms. The van der Waals surface area contributed by atoms with Crippen molar-refractivity contribution < 1.29 is 9.47 Å². The van der Waals surface area contributed by atoms with Crippen LogP contribution in [-0.2, 0) is 0 Å². The average Bonchev–Trinajstić information content (AvgIpc) is 2.57. The zero-order chi connectivity index (χ0) is 15.4. The van der Waals surface area contributed by atoms with E-state index in [1.807, 2.05) is 30.3 Å². The van der Waals surface area contributed by atoms with Gasteiger partial charge in [-0.3, -0.25) is 10.1 Å². The third-order valence-electron chi connectivity index (χ3n) is 3.03. The minimum Gasteiger partial charge on any atom is -0.481 e. The summed E-state index contributed by atoms with van der Waals surface area (Å²) in [6.45, 7) is 0. The minimum absolute atomic E-state index is 0.518. The van der Waals surface area contributed by atoms with E-state index in [-0.39, 0.29) is 0 Å². The first-order chi connectivity index (χ1) is 10.8. The number of fused-ring (bicyclic) bond motifs is 1. The molecule has 2 aromatic heterocycles. The number of nitrogens with one attached hydrogen (secondary N) is 1. The van der Waals surface area contributed by atoms with Crippen LogP contribution < -0.4 is 19.3 Å². The molecular weight excluding hydrogens is 300 g/mol. The molecule has 0 aliphatic carbocycles. The number of methoxy groups -OCH3 is 1. The number of pyridine rings is 2. The number of ether oxygens (including phenoxy) is 2. The van der Waals surface area contributed by atoms with Gasteiger partial charge in [-0.1, -0.05) is 0 Å².